The molecule has 2 rings (SSSR count). The van der Waals surface area contributed by atoms with Gasteiger partial charge in [-0.2, -0.15) is 10.2 Å². The predicted octanol–water partition coefficient (Wildman–Crippen LogP) is 1.84. The summed E-state index contributed by atoms with van der Waals surface area (Å²) >= 11 is 3.33. The Labute approximate surface area is 148 Å². The number of nitrogens with one attached hydrogen (secondary N) is 1. The molecule has 0 radical (unpaired) electrons. The number of hydrogen-bond donors (Lipinski definition) is 1. The molecule has 1 atom stereocenters. The summed E-state index contributed by atoms with van der Waals surface area (Å²) in [5, 5.41) is 11.1. The standard InChI is InChI=1S/C15H21BrN6O2/c1-5-22-13(15(24)20(3)4)12(7-18-22)19-14(23)10(2)8-21-9-11(16)6-17-21/h6-7,9-10H,5,8H2,1-4H3,(H,19,23). The van der Waals surface area contributed by atoms with Crippen LogP contribution in [0.5, 0.6) is 0 Å². The van der Waals surface area contributed by atoms with E-state index in [0.717, 1.165) is 4.47 Å². The molecule has 1 unspecified atom stereocenters. The highest BCUT2D eigenvalue weighted by Crippen LogP contribution is 2.18. The molecule has 24 heavy (non-hydrogen) atoms. The smallest absolute Gasteiger partial charge is 0.273 e. The van der Waals surface area contributed by atoms with E-state index in [4.69, 9.17) is 0 Å². The van der Waals surface area contributed by atoms with Gasteiger partial charge in [0.2, 0.25) is 5.91 Å². The molecule has 0 aromatic carbocycles. The summed E-state index contributed by atoms with van der Waals surface area (Å²) < 4.78 is 4.13. The van der Waals surface area contributed by atoms with Gasteiger partial charge in [0, 0.05) is 26.8 Å². The fraction of sp³-hybridized carbons (Fsp3) is 0.467. The molecule has 0 spiro atoms. The minimum absolute atomic E-state index is 0.190. The molecule has 0 saturated carbocycles. The van der Waals surface area contributed by atoms with Gasteiger partial charge >= 0.3 is 0 Å². The quantitative estimate of drug-likeness (QED) is 0.806. The second kappa shape index (κ2) is 7.61. The molecular formula is C15H21BrN6O2. The van der Waals surface area contributed by atoms with Gasteiger partial charge in [0.05, 0.1) is 35.0 Å². The largest absolute Gasteiger partial charge is 0.343 e. The van der Waals surface area contributed by atoms with Crippen molar-refractivity contribution >= 4 is 33.4 Å². The Morgan fingerprint density at radius 3 is 2.58 bits per heavy atom. The van der Waals surface area contributed by atoms with Crippen molar-refractivity contribution in [1.29, 1.82) is 0 Å². The molecule has 0 fully saturated rings. The van der Waals surface area contributed by atoms with Crippen molar-refractivity contribution < 1.29 is 9.59 Å². The molecule has 0 aliphatic carbocycles. The molecule has 0 saturated heterocycles. The van der Waals surface area contributed by atoms with Crippen LogP contribution in [0, 0.1) is 5.92 Å². The lowest BCUT2D eigenvalue weighted by atomic mass is 10.1. The van der Waals surface area contributed by atoms with Crippen LogP contribution in [0.4, 0.5) is 5.69 Å². The summed E-state index contributed by atoms with van der Waals surface area (Å²) in [6.07, 6.45) is 4.99. The zero-order valence-electron chi connectivity index (χ0n) is 14.2. The van der Waals surface area contributed by atoms with E-state index in [2.05, 4.69) is 31.4 Å². The number of aromatic nitrogens is 4. The highest BCUT2D eigenvalue weighted by molar-refractivity contribution is 9.10. The van der Waals surface area contributed by atoms with E-state index in [0.29, 0.717) is 24.5 Å². The third-order valence-corrected chi connectivity index (χ3v) is 3.93. The Morgan fingerprint density at radius 1 is 1.33 bits per heavy atom. The van der Waals surface area contributed by atoms with Crippen molar-refractivity contribution in [2.24, 2.45) is 5.92 Å². The van der Waals surface area contributed by atoms with Gasteiger partial charge in [-0.25, -0.2) is 0 Å². The Kier molecular flexibility index (Phi) is 5.76. The van der Waals surface area contributed by atoms with Crippen LogP contribution in [0.2, 0.25) is 0 Å². The van der Waals surface area contributed by atoms with Crippen molar-refractivity contribution in [2.75, 3.05) is 19.4 Å². The van der Waals surface area contributed by atoms with Gasteiger partial charge in [0.15, 0.2) is 0 Å². The van der Waals surface area contributed by atoms with Crippen LogP contribution in [0.15, 0.2) is 23.1 Å². The zero-order valence-corrected chi connectivity index (χ0v) is 15.7. The van der Waals surface area contributed by atoms with Gasteiger partial charge in [-0.3, -0.25) is 19.0 Å². The Bertz CT molecular complexity index is 736. The van der Waals surface area contributed by atoms with Crippen LogP contribution in [0.3, 0.4) is 0 Å². The number of aryl methyl sites for hydroxylation is 1. The van der Waals surface area contributed by atoms with E-state index >= 15 is 0 Å². The Hall–Kier alpha value is -2.16. The maximum atomic E-state index is 12.4. The molecular weight excluding hydrogens is 376 g/mol. The first-order valence-electron chi connectivity index (χ1n) is 7.59. The van der Waals surface area contributed by atoms with E-state index in [1.807, 2.05) is 13.8 Å². The van der Waals surface area contributed by atoms with Gasteiger partial charge in [0.1, 0.15) is 5.69 Å². The summed E-state index contributed by atoms with van der Waals surface area (Å²) in [7, 11) is 3.33. The van der Waals surface area contributed by atoms with Gasteiger partial charge in [-0.1, -0.05) is 6.92 Å². The molecule has 0 bridgehead atoms. The number of halogens is 1. The van der Waals surface area contributed by atoms with E-state index < -0.39 is 0 Å². The van der Waals surface area contributed by atoms with Crippen LogP contribution in [-0.2, 0) is 17.9 Å². The number of rotatable bonds is 6. The lowest BCUT2D eigenvalue weighted by molar-refractivity contribution is -0.119. The Balaban J connectivity index is 2.13. The van der Waals surface area contributed by atoms with Crippen LogP contribution in [-0.4, -0.2) is 50.4 Å². The summed E-state index contributed by atoms with van der Waals surface area (Å²) in [5.74, 6) is -0.706. The molecule has 8 nitrogen and oxygen atoms in total. The van der Waals surface area contributed by atoms with Crippen molar-refractivity contribution in [2.45, 2.75) is 26.9 Å². The highest BCUT2D eigenvalue weighted by atomic mass is 79.9. The third-order valence-electron chi connectivity index (χ3n) is 3.52. The molecule has 130 valence electrons. The lowest BCUT2D eigenvalue weighted by Gasteiger charge is -2.15. The monoisotopic (exact) mass is 396 g/mol. The average Bonchev–Trinajstić information content (AvgIpc) is 3.12. The minimum atomic E-state index is -0.316. The van der Waals surface area contributed by atoms with E-state index in [9.17, 15) is 9.59 Å². The molecule has 0 aliphatic heterocycles. The fourth-order valence-corrected chi connectivity index (χ4v) is 2.54. The maximum Gasteiger partial charge on any atom is 0.273 e. The fourth-order valence-electron chi connectivity index (χ4n) is 2.21. The molecule has 2 aromatic rings. The first kappa shape index (κ1) is 18.2. The first-order valence-corrected chi connectivity index (χ1v) is 8.39. The van der Waals surface area contributed by atoms with Crippen molar-refractivity contribution in [3.63, 3.8) is 0 Å². The van der Waals surface area contributed by atoms with Gasteiger partial charge in [-0.15, -0.1) is 0 Å². The molecule has 2 heterocycles. The highest BCUT2D eigenvalue weighted by Gasteiger charge is 2.23. The third kappa shape index (κ3) is 4.02. The summed E-state index contributed by atoms with van der Waals surface area (Å²) in [6, 6.07) is 0. The second-order valence-corrected chi connectivity index (χ2v) is 6.61. The van der Waals surface area contributed by atoms with Gasteiger partial charge < -0.3 is 10.2 Å². The topological polar surface area (TPSA) is 85.0 Å². The van der Waals surface area contributed by atoms with Crippen LogP contribution in [0.25, 0.3) is 0 Å². The summed E-state index contributed by atoms with van der Waals surface area (Å²) in [5.41, 5.74) is 0.805. The van der Waals surface area contributed by atoms with Gasteiger partial charge in [0.25, 0.3) is 5.91 Å². The van der Waals surface area contributed by atoms with E-state index in [-0.39, 0.29) is 17.7 Å². The van der Waals surface area contributed by atoms with E-state index in [1.165, 1.54) is 11.1 Å². The second-order valence-electron chi connectivity index (χ2n) is 5.69. The predicted molar refractivity (Wildman–Crippen MR) is 93.6 cm³/mol. The molecule has 2 aromatic heterocycles. The first-order chi connectivity index (χ1) is 11.3. The summed E-state index contributed by atoms with van der Waals surface area (Å²) in [6.45, 7) is 4.68. The van der Waals surface area contributed by atoms with Gasteiger partial charge in [-0.05, 0) is 22.9 Å². The summed E-state index contributed by atoms with van der Waals surface area (Å²) in [4.78, 5) is 26.2. The number of carbonyl (C=O) groups is 2. The maximum absolute atomic E-state index is 12.4. The van der Waals surface area contributed by atoms with E-state index in [1.54, 1.807) is 35.9 Å². The number of carbonyl (C=O) groups excluding carboxylic acids is 2. The minimum Gasteiger partial charge on any atom is -0.343 e. The molecule has 2 amide bonds. The molecule has 9 heteroatoms. The number of anilines is 1. The number of nitrogens with zero attached hydrogens (tertiary/aromatic N) is 5. The van der Waals surface area contributed by atoms with Crippen molar-refractivity contribution in [3.8, 4) is 0 Å². The average molecular weight is 397 g/mol. The number of hydrogen-bond acceptors (Lipinski definition) is 4. The zero-order chi connectivity index (χ0) is 17.9. The van der Waals surface area contributed by atoms with Crippen LogP contribution in [0.1, 0.15) is 24.3 Å². The normalized spacial score (nSPS) is 12.0. The van der Waals surface area contributed by atoms with Crippen molar-refractivity contribution in [3.05, 3.63) is 28.8 Å². The SMILES string of the molecule is CCn1ncc(NC(=O)C(C)Cn2cc(Br)cn2)c1C(=O)N(C)C. The van der Waals surface area contributed by atoms with Crippen LogP contribution >= 0.6 is 15.9 Å². The lowest BCUT2D eigenvalue weighted by Crippen LogP contribution is -2.28. The number of amides is 2. The molecule has 1 N–H and O–H groups in total. The van der Waals surface area contributed by atoms with Crippen LogP contribution < -0.4 is 5.32 Å². The van der Waals surface area contributed by atoms with Crippen molar-refractivity contribution in [1.82, 2.24) is 24.5 Å². The Morgan fingerprint density at radius 2 is 2.04 bits per heavy atom. The molecule has 0 aliphatic rings.